The minimum atomic E-state index is -0.672. The molecule has 1 aromatic heterocycles. The first-order chi connectivity index (χ1) is 14.2. The molecule has 29 heavy (non-hydrogen) atoms. The quantitative estimate of drug-likeness (QED) is 0.659. The Balaban J connectivity index is 1.51. The number of likely N-dealkylation sites (tertiary alicyclic amines) is 1. The number of fused-ring (bicyclic) bond motifs is 1. The first kappa shape index (κ1) is 19.1. The van der Waals surface area contributed by atoms with E-state index in [0.29, 0.717) is 12.2 Å². The number of anilines is 1. The second-order valence-electron chi connectivity index (χ2n) is 7.23. The van der Waals surface area contributed by atoms with Crippen molar-refractivity contribution in [3.8, 4) is 0 Å². The predicted molar refractivity (Wildman–Crippen MR) is 113 cm³/mol. The molecule has 0 radical (unpaired) electrons. The summed E-state index contributed by atoms with van der Waals surface area (Å²) in [5.41, 5.74) is 1.73. The molecule has 2 heterocycles. The van der Waals surface area contributed by atoms with Gasteiger partial charge in [-0.3, -0.25) is 19.5 Å². The molecule has 1 fully saturated rings. The average molecular weight is 388 g/mol. The maximum atomic E-state index is 12.4. The van der Waals surface area contributed by atoms with E-state index in [-0.39, 0.29) is 6.04 Å². The number of nitrogens with zero attached hydrogens (tertiary/aromatic N) is 2. The van der Waals surface area contributed by atoms with Crippen LogP contribution in [0.2, 0.25) is 0 Å². The summed E-state index contributed by atoms with van der Waals surface area (Å²) in [7, 11) is 0. The monoisotopic (exact) mass is 388 g/mol. The van der Waals surface area contributed by atoms with Gasteiger partial charge in [-0.25, -0.2) is 0 Å². The molecule has 148 valence electrons. The summed E-state index contributed by atoms with van der Waals surface area (Å²) in [5, 5.41) is 7.79. The fourth-order valence-electron chi connectivity index (χ4n) is 3.92. The van der Waals surface area contributed by atoms with Crippen molar-refractivity contribution in [2.24, 2.45) is 0 Å². The van der Waals surface area contributed by atoms with Gasteiger partial charge in [0.25, 0.3) is 0 Å². The highest BCUT2D eigenvalue weighted by Gasteiger charge is 2.26. The second kappa shape index (κ2) is 8.84. The minimum absolute atomic E-state index is 0.0290. The Bertz CT molecular complexity index is 995. The SMILES string of the molecule is O=C(NC[C@H](c1cccc2ccccc12)N1CCCC1)C(=O)Nc1ccncc1. The summed E-state index contributed by atoms with van der Waals surface area (Å²) in [4.78, 5) is 30.9. The molecule has 1 atom stereocenters. The number of nitrogens with one attached hydrogen (secondary N) is 2. The lowest BCUT2D eigenvalue weighted by atomic mass is 9.97. The molecule has 0 bridgehead atoms. The Labute approximate surface area is 169 Å². The Morgan fingerprint density at radius 2 is 1.66 bits per heavy atom. The van der Waals surface area contributed by atoms with E-state index in [0.717, 1.165) is 25.9 Å². The molecule has 2 aromatic carbocycles. The fraction of sp³-hybridized carbons (Fsp3) is 0.261. The van der Waals surface area contributed by atoms with Crippen molar-refractivity contribution in [2.75, 3.05) is 25.0 Å². The van der Waals surface area contributed by atoms with E-state index < -0.39 is 11.8 Å². The molecule has 2 N–H and O–H groups in total. The van der Waals surface area contributed by atoms with Crippen LogP contribution in [0.3, 0.4) is 0 Å². The Kier molecular flexibility index (Phi) is 5.81. The third-order valence-corrected chi connectivity index (χ3v) is 5.36. The largest absolute Gasteiger partial charge is 0.346 e. The molecule has 3 aromatic rings. The van der Waals surface area contributed by atoms with Crippen molar-refractivity contribution < 1.29 is 9.59 Å². The van der Waals surface area contributed by atoms with Crippen LogP contribution >= 0.6 is 0 Å². The molecule has 0 saturated carbocycles. The summed E-state index contributed by atoms with van der Waals surface area (Å²) in [6.07, 6.45) is 5.43. The van der Waals surface area contributed by atoms with Crippen LogP contribution in [0.1, 0.15) is 24.4 Å². The second-order valence-corrected chi connectivity index (χ2v) is 7.23. The van der Waals surface area contributed by atoms with Crippen LogP contribution in [0.15, 0.2) is 67.0 Å². The lowest BCUT2D eigenvalue weighted by Gasteiger charge is -2.29. The summed E-state index contributed by atoms with van der Waals surface area (Å²) in [5.74, 6) is -1.31. The van der Waals surface area contributed by atoms with Crippen LogP contribution in [-0.4, -0.2) is 41.3 Å². The number of aromatic nitrogens is 1. The smallest absolute Gasteiger partial charge is 0.313 e. The normalized spacial score (nSPS) is 15.2. The molecule has 6 nitrogen and oxygen atoms in total. The van der Waals surface area contributed by atoms with Crippen molar-refractivity contribution in [3.63, 3.8) is 0 Å². The number of hydrogen-bond acceptors (Lipinski definition) is 4. The number of hydrogen-bond donors (Lipinski definition) is 2. The van der Waals surface area contributed by atoms with E-state index in [1.165, 1.54) is 16.3 Å². The molecule has 0 aliphatic carbocycles. The van der Waals surface area contributed by atoms with E-state index in [9.17, 15) is 9.59 Å². The molecule has 1 saturated heterocycles. The Morgan fingerprint density at radius 1 is 0.931 bits per heavy atom. The van der Waals surface area contributed by atoms with Gasteiger partial charge >= 0.3 is 11.8 Å². The molecule has 6 heteroatoms. The molecule has 1 aliphatic heterocycles. The van der Waals surface area contributed by atoms with Crippen molar-refractivity contribution in [2.45, 2.75) is 18.9 Å². The van der Waals surface area contributed by atoms with E-state index in [1.54, 1.807) is 24.5 Å². The molecule has 0 unspecified atom stereocenters. The number of pyridine rings is 1. The molecular formula is C23H24N4O2. The first-order valence-electron chi connectivity index (χ1n) is 9.93. The molecule has 1 aliphatic rings. The number of rotatable bonds is 5. The van der Waals surface area contributed by atoms with Crippen LogP contribution in [0.4, 0.5) is 5.69 Å². The number of benzene rings is 2. The maximum Gasteiger partial charge on any atom is 0.313 e. The maximum absolute atomic E-state index is 12.4. The summed E-state index contributed by atoms with van der Waals surface area (Å²) in [6.45, 7) is 2.37. The average Bonchev–Trinajstić information content (AvgIpc) is 3.29. The van der Waals surface area contributed by atoms with Gasteiger partial charge in [-0.05, 0) is 54.4 Å². The van der Waals surface area contributed by atoms with Crippen molar-refractivity contribution in [1.29, 1.82) is 0 Å². The van der Waals surface area contributed by atoms with E-state index in [4.69, 9.17) is 0 Å². The Hall–Kier alpha value is -3.25. The molecule has 2 amide bonds. The van der Waals surface area contributed by atoms with E-state index in [1.807, 2.05) is 12.1 Å². The minimum Gasteiger partial charge on any atom is -0.346 e. The lowest BCUT2D eigenvalue weighted by molar-refractivity contribution is -0.136. The van der Waals surface area contributed by atoms with Gasteiger partial charge in [0, 0.05) is 24.6 Å². The molecular weight excluding hydrogens is 364 g/mol. The van der Waals surface area contributed by atoms with E-state index >= 15 is 0 Å². The highest BCUT2D eigenvalue weighted by molar-refractivity contribution is 6.39. The van der Waals surface area contributed by atoms with Crippen LogP contribution in [0, 0.1) is 0 Å². The molecule has 4 rings (SSSR count). The summed E-state index contributed by atoms with van der Waals surface area (Å²) < 4.78 is 0. The van der Waals surface area contributed by atoms with Crippen LogP contribution in [-0.2, 0) is 9.59 Å². The standard InChI is InChI=1S/C23H24N4O2/c28-22(23(29)26-18-10-12-24-13-11-18)25-16-21(27-14-3-4-15-27)20-9-5-7-17-6-1-2-8-19(17)20/h1-2,5-13,21H,3-4,14-16H2,(H,25,28)(H,24,26,29)/t21-/m1/s1. The van der Waals surface area contributed by atoms with Crippen LogP contribution in [0.5, 0.6) is 0 Å². The Morgan fingerprint density at radius 3 is 2.45 bits per heavy atom. The van der Waals surface area contributed by atoms with Crippen LogP contribution < -0.4 is 10.6 Å². The summed E-state index contributed by atoms with van der Waals surface area (Å²) >= 11 is 0. The number of carbonyl (C=O) groups excluding carboxylic acids is 2. The van der Waals surface area contributed by atoms with Crippen molar-refractivity contribution in [3.05, 3.63) is 72.6 Å². The van der Waals surface area contributed by atoms with Gasteiger partial charge in [-0.15, -0.1) is 0 Å². The summed E-state index contributed by atoms with van der Waals surface area (Å²) in [6, 6.07) is 17.9. The zero-order chi connectivity index (χ0) is 20.1. The van der Waals surface area contributed by atoms with Gasteiger partial charge in [0.15, 0.2) is 0 Å². The highest BCUT2D eigenvalue weighted by atomic mass is 16.2. The number of carbonyl (C=O) groups is 2. The lowest BCUT2D eigenvalue weighted by Crippen LogP contribution is -2.41. The zero-order valence-corrected chi connectivity index (χ0v) is 16.2. The van der Waals surface area contributed by atoms with Gasteiger partial charge in [0.2, 0.25) is 0 Å². The zero-order valence-electron chi connectivity index (χ0n) is 16.2. The predicted octanol–water partition coefficient (Wildman–Crippen LogP) is 3.13. The number of amides is 2. The highest BCUT2D eigenvalue weighted by Crippen LogP contribution is 2.30. The van der Waals surface area contributed by atoms with Gasteiger partial charge in [-0.1, -0.05) is 42.5 Å². The molecule has 0 spiro atoms. The van der Waals surface area contributed by atoms with Gasteiger partial charge < -0.3 is 10.6 Å². The van der Waals surface area contributed by atoms with E-state index in [2.05, 4.69) is 50.8 Å². The fourth-order valence-corrected chi connectivity index (χ4v) is 3.92. The third-order valence-electron chi connectivity index (χ3n) is 5.36. The third kappa shape index (κ3) is 4.43. The van der Waals surface area contributed by atoms with Crippen molar-refractivity contribution in [1.82, 2.24) is 15.2 Å². The van der Waals surface area contributed by atoms with Gasteiger partial charge in [-0.2, -0.15) is 0 Å². The van der Waals surface area contributed by atoms with Gasteiger partial charge in [0.1, 0.15) is 0 Å². The van der Waals surface area contributed by atoms with Crippen LogP contribution in [0.25, 0.3) is 10.8 Å². The first-order valence-corrected chi connectivity index (χ1v) is 9.93. The van der Waals surface area contributed by atoms with Gasteiger partial charge in [0.05, 0.1) is 6.04 Å². The van der Waals surface area contributed by atoms with Crippen molar-refractivity contribution >= 4 is 28.3 Å². The topological polar surface area (TPSA) is 74.3 Å².